The molecule has 6 nitrogen and oxygen atoms in total. The van der Waals surface area contributed by atoms with Crippen LogP contribution in [0.15, 0.2) is 12.4 Å². The molecule has 1 N–H and O–H groups in total. The van der Waals surface area contributed by atoms with Crippen molar-refractivity contribution in [3.8, 4) is 0 Å². The molecule has 1 amide bonds. The van der Waals surface area contributed by atoms with Gasteiger partial charge in [-0.2, -0.15) is 0 Å². The molecule has 104 valence electrons. The average molecular weight is 307 g/mol. The summed E-state index contributed by atoms with van der Waals surface area (Å²) in [5.74, 6) is 0.0454. The summed E-state index contributed by atoms with van der Waals surface area (Å²) in [4.78, 5) is 18.4. The van der Waals surface area contributed by atoms with E-state index < -0.39 is 0 Å². The number of nitrogens with zero attached hydrogens (tertiary/aromatic N) is 4. The van der Waals surface area contributed by atoms with E-state index in [1.165, 1.54) is 11.3 Å². The van der Waals surface area contributed by atoms with Crippen LogP contribution >= 0.6 is 22.7 Å². The third kappa shape index (κ3) is 2.44. The van der Waals surface area contributed by atoms with Crippen molar-refractivity contribution in [1.29, 1.82) is 0 Å². The number of rotatable bonds is 3. The number of carbonyl (C=O) groups is 1. The van der Waals surface area contributed by atoms with Crippen LogP contribution in [0.3, 0.4) is 0 Å². The van der Waals surface area contributed by atoms with Crippen LogP contribution < -0.4 is 5.32 Å². The molecule has 0 saturated heterocycles. The summed E-state index contributed by atoms with van der Waals surface area (Å²) >= 11 is 2.94. The second-order valence-electron chi connectivity index (χ2n) is 4.71. The van der Waals surface area contributed by atoms with Gasteiger partial charge < -0.3 is 0 Å². The maximum absolute atomic E-state index is 12.1. The minimum Gasteiger partial charge on any atom is -0.297 e. The van der Waals surface area contributed by atoms with Gasteiger partial charge in [-0.1, -0.05) is 25.2 Å². The highest BCUT2D eigenvalue weighted by molar-refractivity contribution is 7.17. The molecule has 0 radical (unpaired) electrons. The summed E-state index contributed by atoms with van der Waals surface area (Å²) in [5.41, 5.74) is 0.387. The first kappa shape index (κ1) is 13.2. The van der Waals surface area contributed by atoms with Gasteiger partial charge in [-0.3, -0.25) is 14.5 Å². The van der Waals surface area contributed by atoms with Crippen LogP contribution in [0.25, 0.3) is 4.96 Å². The van der Waals surface area contributed by atoms with Crippen molar-refractivity contribution in [1.82, 2.24) is 19.6 Å². The van der Waals surface area contributed by atoms with Crippen molar-refractivity contribution < 1.29 is 4.79 Å². The lowest BCUT2D eigenvalue weighted by molar-refractivity contribution is 0.102. The molecule has 3 aromatic rings. The van der Waals surface area contributed by atoms with Gasteiger partial charge in [0.1, 0.15) is 10.7 Å². The first-order chi connectivity index (χ1) is 9.52. The van der Waals surface area contributed by atoms with E-state index >= 15 is 0 Å². The summed E-state index contributed by atoms with van der Waals surface area (Å²) in [6.45, 7) is 6.09. The van der Waals surface area contributed by atoms with Crippen LogP contribution in [-0.2, 0) is 0 Å². The Morgan fingerprint density at radius 1 is 1.30 bits per heavy atom. The molecule has 0 fully saturated rings. The van der Waals surface area contributed by atoms with Crippen molar-refractivity contribution in [3.63, 3.8) is 0 Å². The van der Waals surface area contributed by atoms with Gasteiger partial charge in [0.05, 0.1) is 0 Å². The van der Waals surface area contributed by atoms with Gasteiger partial charge >= 0.3 is 0 Å². The summed E-state index contributed by atoms with van der Waals surface area (Å²) in [7, 11) is 0. The molecule has 0 aliphatic heterocycles. The molecular weight excluding hydrogens is 294 g/mol. The number of amides is 1. The van der Waals surface area contributed by atoms with E-state index in [0.29, 0.717) is 16.7 Å². The summed E-state index contributed by atoms with van der Waals surface area (Å²) < 4.78 is 1.86. The number of hydrogen-bond acceptors (Lipinski definition) is 6. The first-order valence-electron chi connectivity index (χ1n) is 6.13. The Morgan fingerprint density at radius 3 is 2.75 bits per heavy atom. The van der Waals surface area contributed by atoms with Crippen LogP contribution in [0.5, 0.6) is 0 Å². The van der Waals surface area contributed by atoms with Crippen LogP contribution in [0.4, 0.5) is 5.13 Å². The summed E-state index contributed by atoms with van der Waals surface area (Å²) in [6.07, 6.45) is 3.67. The fraction of sp³-hybridized carbons (Fsp3) is 0.333. The lowest BCUT2D eigenvalue weighted by Gasteiger charge is -1.96. The molecular formula is C12H13N5OS2. The van der Waals surface area contributed by atoms with E-state index in [2.05, 4.69) is 20.5 Å². The zero-order valence-corrected chi connectivity index (χ0v) is 12.9. The van der Waals surface area contributed by atoms with Crippen molar-refractivity contribution in [2.24, 2.45) is 0 Å². The Kier molecular flexibility index (Phi) is 3.27. The Labute approximate surface area is 123 Å². The zero-order chi connectivity index (χ0) is 14.3. The number of aromatic nitrogens is 4. The molecule has 3 aromatic heterocycles. The SMILES string of the molecule is Cc1cn2cc(C(=O)Nc3nnc(C(C)C)s3)nc2s1. The molecule has 0 spiro atoms. The molecule has 0 unspecified atom stereocenters. The maximum atomic E-state index is 12.1. The van der Waals surface area contributed by atoms with Crippen LogP contribution in [0, 0.1) is 6.92 Å². The lowest BCUT2D eigenvalue weighted by Crippen LogP contribution is -2.12. The quantitative estimate of drug-likeness (QED) is 0.807. The highest BCUT2D eigenvalue weighted by Crippen LogP contribution is 2.23. The predicted molar refractivity (Wildman–Crippen MR) is 79.8 cm³/mol. The topological polar surface area (TPSA) is 72.2 Å². The summed E-state index contributed by atoms with van der Waals surface area (Å²) in [6, 6.07) is 0. The smallest absolute Gasteiger partial charge is 0.277 e. The lowest BCUT2D eigenvalue weighted by atomic mass is 10.2. The van der Waals surface area contributed by atoms with Gasteiger partial charge in [0.2, 0.25) is 5.13 Å². The van der Waals surface area contributed by atoms with Crippen LogP contribution in [0.2, 0.25) is 0 Å². The fourth-order valence-corrected chi connectivity index (χ4v) is 3.25. The first-order valence-corrected chi connectivity index (χ1v) is 7.76. The predicted octanol–water partition coefficient (Wildman–Crippen LogP) is 2.93. The minimum atomic E-state index is -0.259. The normalized spacial score (nSPS) is 11.4. The monoisotopic (exact) mass is 307 g/mol. The number of carbonyl (C=O) groups excluding carboxylic acids is 1. The van der Waals surface area contributed by atoms with Crippen LogP contribution in [0.1, 0.15) is 40.1 Å². The van der Waals surface area contributed by atoms with E-state index in [-0.39, 0.29) is 5.91 Å². The molecule has 0 aliphatic rings. The number of hydrogen-bond donors (Lipinski definition) is 1. The Morgan fingerprint density at radius 2 is 2.10 bits per heavy atom. The van der Waals surface area contributed by atoms with E-state index in [0.717, 1.165) is 14.8 Å². The number of imidazole rings is 1. The van der Waals surface area contributed by atoms with Crippen molar-refractivity contribution in [2.75, 3.05) is 5.32 Å². The third-order valence-corrected chi connectivity index (χ3v) is 4.71. The highest BCUT2D eigenvalue weighted by atomic mass is 32.1. The largest absolute Gasteiger partial charge is 0.297 e. The molecule has 20 heavy (non-hydrogen) atoms. The number of thiazole rings is 1. The van der Waals surface area contributed by atoms with Gasteiger partial charge in [-0.15, -0.1) is 21.5 Å². The standard InChI is InChI=1S/C12H13N5OS2/c1-6(2)10-15-16-11(20-10)14-9(18)8-5-17-4-7(3)19-12(17)13-8/h4-6H,1-3H3,(H,14,16,18). The second-order valence-corrected chi connectivity index (χ2v) is 6.93. The van der Waals surface area contributed by atoms with E-state index in [4.69, 9.17) is 0 Å². The number of nitrogens with one attached hydrogen (secondary N) is 1. The van der Waals surface area contributed by atoms with Gasteiger partial charge in [0.15, 0.2) is 4.96 Å². The highest BCUT2D eigenvalue weighted by Gasteiger charge is 2.15. The van der Waals surface area contributed by atoms with E-state index in [1.807, 2.05) is 31.4 Å². The van der Waals surface area contributed by atoms with Gasteiger partial charge in [0, 0.05) is 23.2 Å². The molecule has 0 bridgehead atoms. The molecule has 8 heteroatoms. The number of anilines is 1. The molecule has 3 rings (SSSR count). The van der Waals surface area contributed by atoms with Crippen LogP contribution in [-0.4, -0.2) is 25.5 Å². The Bertz CT molecular complexity index is 738. The molecule has 0 aliphatic carbocycles. The van der Waals surface area contributed by atoms with E-state index in [9.17, 15) is 4.79 Å². The number of fused-ring (bicyclic) bond motifs is 1. The third-order valence-electron chi connectivity index (χ3n) is 2.66. The van der Waals surface area contributed by atoms with E-state index in [1.54, 1.807) is 17.5 Å². The summed E-state index contributed by atoms with van der Waals surface area (Å²) in [5, 5.41) is 12.1. The zero-order valence-electron chi connectivity index (χ0n) is 11.2. The van der Waals surface area contributed by atoms with Crippen molar-refractivity contribution in [3.05, 3.63) is 28.0 Å². The average Bonchev–Trinajstić information content (AvgIpc) is 3.02. The molecule has 3 heterocycles. The fourth-order valence-electron chi connectivity index (χ4n) is 1.70. The second kappa shape index (κ2) is 4.95. The Hall–Kier alpha value is -1.80. The molecule has 0 saturated carbocycles. The van der Waals surface area contributed by atoms with Crippen molar-refractivity contribution >= 4 is 38.7 Å². The Balaban J connectivity index is 1.79. The van der Waals surface area contributed by atoms with Crippen molar-refractivity contribution in [2.45, 2.75) is 26.7 Å². The van der Waals surface area contributed by atoms with Gasteiger partial charge in [0.25, 0.3) is 5.91 Å². The van der Waals surface area contributed by atoms with Gasteiger partial charge in [-0.05, 0) is 6.92 Å². The number of aryl methyl sites for hydroxylation is 1. The minimum absolute atomic E-state index is 0.259. The molecule has 0 aromatic carbocycles. The maximum Gasteiger partial charge on any atom is 0.277 e. The van der Waals surface area contributed by atoms with Gasteiger partial charge in [-0.25, -0.2) is 4.98 Å². The molecule has 0 atom stereocenters.